The smallest absolute Gasteiger partial charge is 0.254 e. The maximum absolute atomic E-state index is 13.4. The molecule has 1 atom stereocenters. The van der Waals surface area contributed by atoms with E-state index in [1.807, 2.05) is 48.9 Å². The predicted molar refractivity (Wildman–Crippen MR) is 136 cm³/mol. The van der Waals surface area contributed by atoms with Gasteiger partial charge in [-0.15, -0.1) is 5.10 Å². The number of aryl methyl sites for hydroxylation is 2. The van der Waals surface area contributed by atoms with E-state index in [1.54, 1.807) is 23.1 Å². The number of aliphatic hydroxyl groups is 1. The van der Waals surface area contributed by atoms with E-state index in [9.17, 15) is 9.50 Å². The van der Waals surface area contributed by atoms with Gasteiger partial charge in [-0.05, 0) is 55.8 Å². The molecule has 0 saturated heterocycles. The average molecular weight is 497 g/mol. The van der Waals surface area contributed by atoms with Gasteiger partial charge in [0.2, 0.25) is 0 Å². The molecule has 6 rings (SSSR count). The Labute approximate surface area is 214 Å². The lowest BCUT2D eigenvalue weighted by atomic mass is 10.1. The molecule has 5 aromatic heterocycles. The van der Waals surface area contributed by atoms with Crippen LogP contribution in [0.3, 0.4) is 0 Å². The van der Waals surface area contributed by atoms with E-state index in [0.717, 1.165) is 17.0 Å². The molecule has 0 radical (unpaired) electrons. The third-order valence-corrected chi connectivity index (χ3v) is 6.20. The van der Waals surface area contributed by atoms with Gasteiger partial charge in [0.1, 0.15) is 5.82 Å². The Hall–Kier alpha value is -4.70. The fraction of sp³-hybridized carbons (Fsp3) is 0.148. The van der Waals surface area contributed by atoms with Gasteiger partial charge in [0, 0.05) is 34.9 Å². The topological polar surface area (TPSA) is 98.9 Å². The summed E-state index contributed by atoms with van der Waals surface area (Å²) in [6.07, 6.45) is 8.14. The Balaban J connectivity index is 1.33. The van der Waals surface area contributed by atoms with Gasteiger partial charge >= 0.3 is 0 Å². The van der Waals surface area contributed by atoms with Crippen LogP contribution in [-0.2, 0) is 0 Å². The molecule has 1 aromatic carbocycles. The number of aromatic nitrogens is 8. The van der Waals surface area contributed by atoms with Crippen LogP contribution in [0.4, 0.5) is 4.39 Å². The molecule has 10 heteroatoms. The molecule has 0 aliphatic heterocycles. The third kappa shape index (κ3) is 4.17. The molecule has 0 amide bonds. The highest BCUT2D eigenvalue weighted by atomic mass is 19.1. The molecule has 5 heterocycles. The number of fused-ring (bicyclic) bond motifs is 1. The number of benzene rings is 1. The first-order valence-electron chi connectivity index (χ1n) is 12.5. The lowest BCUT2D eigenvalue weighted by molar-refractivity contribution is 0.241. The summed E-state index contributed by atoms with van der Waals surface area (Å²) in [5.41, 5.74) is 5.58. The molecule has 6 aromatic rings. The van der Waals surface area contributed by atoms with Crippen molar-refractivity contribution in [1.29, 1.82) is 0 Å². The van der Waals surface area contributed by atoms with Gasteiger partial charge in [-0.2, -0.15) is 10.1 Å². The van der Waals surface area contributed by atoms with Gasteiger partial charge in [0.25, 0.3) is 5.95 Å². The van der Waals surface area contributed by atoms with Crippen LogP contribution in [0, 0.1) is 19.7 Å². The fourth-order valence-corrected chi connectivity index (χ4v) is 4.29. The quantitative estimate of drug-likeness (QED) is 0.372. The van der Waals surface area contributed by atoms with Crippen LogP contribution in [0.1, 0.15) is 25.7 Å². The second kappa shape index (κ2) is 9.07. The van der Waals surface area contributed by atoms with Crippen molar-refractivity contribution in [3.8, 4) is 28.5 Å². The second-order valence-corrected chi connectivity index (χ2v) is 8.66. The summed E-state index contributed by atoms with van der Waals surface area (Å²) in [6, 6.07) is 11.9. The fourth-order valence-electron chi connectivity index (χ4n) is 4.29. The van der Waals surface area contributed by atoms with Crippen molar-refractivity contribution in [2.75, 3.05) is 6.56 Å². The summed E-state index contributed by atoms with van der Waals surface area (Å²) in [5, 5.41) is 19.1. The largest absolute Gasteiger partial charge is 0.394 e. The van der Waals surface area contributed by atoms with E-state index < -0.39 is 18.4 Å². The van der Waals surface area contributed by atoms with Crippen molar-refractivity contribution in [3.63, 3.8) is 0 Å². The van der Waals surface area contributed by atoms with Crippen LogP contribution in [0.2, 0.25) is 0 Å². The zero-order valence-corrected chi connectivity index (χ0v) is 20.0. The minimum absolute atomic E-state index is 0.365. The first kappa shape index (κ1) is 20.5. The zero-order valence-electron chi connectivity index (χ0n) is 22.0. The highest BCUT2D eigenvalue weighted by Gasteiger charge is 2.16. The maximum atomic E-state index is 13.4. The number of pyridine rings is 1. The van der Waals surface area contributed by atoms with E-state index in [4.69, 9.17) is 12.7 Å². The van der Waals surface area contributed by atoms with Crippen molar-refractivity contribution in [2.45, 2.75) is 19.9 Å². The van der Waals surface area contributed by atoms with E-state index in [2.05, 4.69) is 15.2 Å². The van der Waals surface area contributed by atoms with Crippen LogP contribution in [0.15, 0.2) is 79.5 Å². The molecule has 37 heavy (non-hydrogen) atoms. The number of rotatable bonds is 6. The lowest BCUT2D eigenvalue weighted by Gasteiger charge is -2.15. The Morgan fingerprint density at radius 3 is 2.41 bits per heavy atom. The highest BCUT2D eigenvalue weighted by molar-refractivity contribution is 5.66. The summed E-state index contributed by atoms with van der Waals surface area (Å²) in [4.78, 5) is 13.8. The SMILES string of the molecule is [2H]C([2H])(O)[C@@H](c1ccc(F)cc1)n1cc(-c2cncc(-c3ccn4nc(-n5c(C)ccc5C)nc4c3)n2)cn1. The summed E-state index contributed by atoms with van der Waals surface area (Å²) in [6.45, 7) is 1.35. The Kier molecular flexibility index (Phi) is 5.02. The lowest BCUT2D eigenvalue weighted by Crippen LogP contribution is -2.15. The molecule has 0 aliphatic carbocycles. The normalized spacial score (nSPS) is 13.5. The Morgan fingerprint density at radius 1 is 0.946 bits per heavy atom. The van der Waals surface area contributed by atoms with Gasteiger partial charge in [0.05, 0.1) is 45.3 Å². The van der Waals surface area contributed by atoms with Crippen LogP contribution in [0.25, 0.3) is 34.1 Å². The highest BCUT2D eigenvalue weighted by Crippen LogP contribution is 2.25. The van der Waals surface area contributed by atoms with Gasteiger partial charge in [-0.1, -0.05) is 12.1 Å². The number of nitrogens with zero attached hydrogens (tertiary/aromatic N) is 8. The predicted octanol–water partition coefficient (Wildman–Crippen LogP) is 4.18. The first-order valence-corrected chi connectivity index (χ1v) is 11.5. The Morgan fingerprint density at radius 2 is 1.68 bits per heavy atom. The average Bonchev–Trinajstić information content (AvgIpc) is 3.63. The minimum Gasteiger partial charge on any atom is -0.394 e. The van der Waals surface area contributed by atoms with E-state index >= 15 is 0 Å². The molecule has 1 N–H and O–H groups in total. The van der Waals surface area contributed by atoms with Crippen molar-refractivity contribution in [1.82, 2.24) is 38.9 Å². The number of hydrogen-bond donors (Lipinski definition) is 1. The van der Waals surface area contributed by atoms with Gasteiger partial charge in [-0.25, -0.2) is 13.9 Å². The van der Waals surface area contributed by atoms with Gasteiger partial charge in [0.15, 0.2) is 5.65 Å². The minimum atomic E-state index is -2.65. The molecule has 0 spiro atoms. The monoisotopic (exact) mass is 496 g/mol. The summed E-state index contributed by atoms with van der Waals surface area (Å²) >= 11 is 0. The number of halogens is 1. The van der Waals surface area contributed by atoms with Crippen molar-refractivity contribution in [2.24, 2.45) is 0 Å². The van der Waals surface area contributed by atoms with E-state index in [0.29, 0.717) is 34.1 Å². The second-order valence-electron chi connectivity index (χ2n) is 8.66. The molecule has 0 bridgehead atoms. The molecule has 0 unspecified atom stereocenters. The molecule has 0 fully saturated rings. The molecule has 0 saturated carbocycles. The molecular weight excluding hydrogens is 471 g/mol. The van der Waals surface area contributed by atoms with E-state index in [1.165, 1.54) is 35.1 Å². The van der Waals surface area contributed by atoms with Crippen LogP contribution in [0.5, 0.6) is 0 Å². The summed E-state index contributed by atoms with van der Waals surface area (Å²) in [7, 11) is 0. The molecule has 9 nitrogen and oxygen atoms in total. The van der Waals surface area contributed by atoms with Crippen molar-refractivity contribution in [3.05, 3.63) is 102 Å². The standard InChI is InChI=1S/C27H23FN8O/c1-17-3-4-18(2)36(17)27-32-26-11-20(9-10-34(26)33-27)23-13-29-14-24(31-23)21-12-30-35(15-21)25(16-37)19-5-7-22(28)8-6-19/h3-15,25,37H,16H2,1-2H3/t25-/m0/s1/i16D2. The van der Waals surface area contributed by atoms with Gasteiger partial charge < -0.3 is 5.11 Å². The summed E-state index contributed by atoms with van der Waals surface area (Å²) < 4.78 is 34.3. The van der Waals surface area contributed by atoms with Crippen LogP contribution >= 0.6 is 0 Å². The maximum Gasteiger partial charge on any atom is 0.254 e. The molecule has 184 valence electrons. The zero-order chi connectivity index (χ0) is 27.3. The van der Waals surface area contributed by atoms with Gasteiger partial charge in [-0.3, -0.25) is 14.2 Å². The van der Waals surface area contributed by atoms with Crippen LogP contribution < -0.4 is 0 Å². The molecular formula is C27H23FN8O. The third-order valence-electron chi connectivity index (χ3n) is 6.20. The summed E-state index contributed by atoms with van der Waals surface area (Å²) in [5.74, 6) is 0.124. The van der Waals surface area contributed by atoms with Crippen molar-refractivity contribution >= 4 is 5.65 Å². The van der Waals surface area contributed by atoms with Crippen molar-refractivity contribution < 1.29 is 12.2 Å². The Bertz CT molecular complexity index is 1780. The number of hydrogen-bond acceptors (Lipinski definition) is 6. The molecule has 0 aliphatic rings. The first-order chi connectivity index (χ1) is 18.7. The van der Waals surface area contributed by atoms with E-state index in [-0.39, 0.29) is 0 Å². The van der Waals surface area contributed by atoms with Crippen LogP contribution in [-0.4, -0.2) is 50.6 Å².